The monoisotopic (exact) mass is 404 g/mol. The van der Waals surface area contributed by atoms with E-state index in [1.54, 1.807) is 43.3 Å². The molecular formula is C19H20N2O6S. The molecule has 2 aromatic rings. The molecule has 2 amide bonds. The Balaban J connectivity index is 1.83. The predicted octanol–water partition coefficient (Wildman–Crippen LogP) is 1.90. The molecule has 0 fully saturated rings. The van der Waals surface area contributed by atoms with Crippen LogP contribution in [-0.4, -0.2) is 38.2 Å². The minimum Gasteiger partial charge on any atom is -0.497 e. The first-order valence-electron chi connectivity index (χ1n) is 8.62. The van der Waals surface area contributed by atoms with E-state index < -0.39 is 28.4 Å². The van der Waals surface area contributed by atoms with Gasteiger partial charge in [-0.05, 0) is 48.4 Å². The van der Waals surface area contributed by atoms with Gasteiger partial charge in [0.15, 0.2) is 0 Å². The van der Waals surface area contributed by atoms with E-state index in [0.717, 1.165) is 0 Å². The molecule has 0 atom stereocenters. The van der Waals surface area contributed by atoms with Gasteiger partial charge in [-0.2, -0.15) is 0 Å². The standard InChI is InChI=1S/C19H20N2O6S/c1-3-16-18(13-6-8-14(26-2)9-7-13)28(24,25)21(19(16)23)12-17(22)20-11-15-5-4-10-27-15/h4-10H,3,11-12H2,1-2H3,(H,20,22). The maximum Gasteiger partial charge on any atom is 0.268 e. The summed E-state index contributed by atoms with van der Waals surface area (Å²) >= 11 is 0. The Labute approximate surface area is 162 Å². The third kappa shape index (κ3) is 3.65. The van der Waals surface area contributed by atoms with E-state index in [1.807, 2.05) is 0 Å². The Morgan fingerprint density at radius 3 is 2.50 bits per heavy atom. The van der Waals surface area contributed by atoms with Crippen molar-refractivity contribution in [2.75, 3.05) is 13.7 Å². The Morgan fingerprint density at radius 1 is 1.21 bits per heavy atom. The molecule has 148 valence electrons. The zero-order chi connectivity index (χ0) is 20.3. The third-order valence-corrected chi connectivity index (χ3v) is 6.21. The Kier molecular flexibility index (Phi) is 5.55. The molecule has 0 saturated carbocycles. The average Bonchev–Trinajstić information content (AvgIpc) is 3.27. The maximum absolute atomic E-state index is 13.0. The highest BCUT2D eigenvalue weighted by atomic mass is 32.2. The molecule has 0 spiro atoms. The quantitative estimate of drug-likeness (QED) is 0.756. The lowest BCUT2D eigenvalue weighted by molar-refractivity contribution is -0.128. The number of benzene rings is 1. The number of carbonyl (C=O) groups excluding carboxylic acids is 2. The molecule has 3 rings (SSSR count). The first kappa shape index (κ1) is 19.7. The number of nitrogens with zero attached hydrogens (tertiary/aromatic N) is 1. The number of hydrogen-bond donors (Lipinski definition) is 1. The zero-order valence-electron chi connectivity index (χ0n) is 15.5. The number of rotatable bonds is 7. The van der Waals surface area contributed by atoms with Gasteiger partial charge < -0.3 is 14.5 Å². The van der Waals surface area contributed by atoms with Crippen molar-refractivity contribution in [3.8, 4) is 5.75 Å². The van der Waals surface area contributed by atoms with Crippen LogP contribution in [0.5, 0.6) is 5.75 Å². The first-order valence-corrected chi connectivity index (χ1v) is 10.1. The molecule has 1 aromatic carbocycles. The van der Waals surface area contributed by atoms with Crippen molar-refractivity contribution in [2.24, 2.45) is 0 Å². The summed E-state index contributed by atoms with van der Waals surface area (Å²) in [6.45, 7) is 1.21. The van der Waals surface area contributed by atoms with Gasteiger partial charge in [0.1, 0.15) is 23.0 Å². The van der Waals surface area contributed by atoms with Crippen molar-refractivity contribution < 1.29 is 27.2 Å². The molecule has 28 heavy (non-hydrogen) atoms. The van der Waals surface area contributed by atoms with Gasteiger partial charge in [0.25, 0.3) is 15.9 Å². The van der Waals surface area contributed by atoms with Crippen molar-refractivity contribution in [3.63, 3.8) is 0 Å². The number of methoxy groups -OCH3 is 1. The molecule has 0 bridgehead atoms. The van der Waals surface area contributed by atoms with Gasteiger partial charge in [0.2, 0.25) is 5.91 Å². The predicted molar refractivity (Wildman–Crippen MR) is 101 cm³/mol. The fourth-order valence-corrected chi connectivity index (χ4v) is 4.76. The lowest BCUT2D eigenvalue weighted by Crippen LogP contribution is -2.40. The second-order valence-electron chi connectivity index (χ2n) is 6.06. The molecule has 0 saturated heterocycles. The minimum atomic E-state index is -4.14. The summed E-state index contributed by atoms with van der Waals surface area (Å²) < 4.78 is 36.8. The minimum absolute atomic E-state index is 0.0681. The van der Waals surface area contributed by atoms with Gasteiger partial charge in [-0.15, -0.1) is 0 Å². The fourth-order valence-electron chi connectivity index (χ4n) is 2.94. The Bertz CT molecular complexity index is 1010. The second-order valence-corrected chi connectivity index (χ2v) is 7.86. The van der Waals surface area contributed by atoms with E-state index in [9.17, 15) is 18.0 Å². The molecular weight excluding hydrogens is 384 g/mol. The van der Waals surface area contributed by atoms with Crippen LogP contribution in [0, 0.1) is 0 Å². The lowest BCUT2D eigenvalue weighted by atomic mass is 10.1. The molecule has 2 heterocycles. The van der Waals surface area contributed by atoms with Gasteiger partial charge in [-0.3, -0.25) is 9.59 Å². The number of amides is 2. The highest BCUT2D eigenvalue weighted by Crippen LogP contribution is 2.37. The van der Waals surface area contributed by atoms with Crippen LogP contribution in [0.1, 0.15) is 24.7 Å². The van der Waals surface area contributed by atoms with Crippen molar-refractivity contribution in [2.45, 2.75) is 19.9 Å². The molecule has 8 nitrogen and oxygen atoms in total. The number of nitrogens with one attached hydrogen (secondary N) is 1. The molecule has 1 aliphatic heterocycles. The zero-order valence-corrected chi connectivity index (χ0v) is 16.3. The molecule has 0 unspecified atom stereocenters. The van der Waals surface area contributed by atoms with Crippen LogP contribution in [0.25, 0.3) is 4.91 Å². The summed E-state index contributed by atoms with van der Waals surface area (Å²) in [6.07, 6.45) is 1.69. The lowest BCUT2D eigenvalue weighted by Gasteiger charge is -2.16. The number of hydrogen-bond acceptors (Lipinski definition) is 6. The van der Waals surface area contributed by atoms with E-state index in [0.29, 0.717) is 21.4 Å². The van der Waals surface area contributed by atoms with E-state index in [-0.39, 0.29) is 23.4 Å². The van der Waals surface area contributed by atoms with Gasteiger partial charge in [0, 0.05) is 5.57 Å². The summed E-state index contributed by atoms with van der Waals surface area (Å²) in [6, 6.07) is 9.75. The second kappa shape index (κ2) is 7.89. The maximum atomic E-state index is 13.0. The number of ether oxygens (including phenoxy) is 1. The largest absolute Gasteiger partial charge is 0.497 e. The van der Waals surface area contributed by atoms with Crippen LogP contribution in [0.3, 0.4) is 0 Å². The molecule has 0 aliphatic carbocycles. The molecule has 1 aliphatic rings. The molecule has 9 heteroatoms. The molecule has 1 N–H and O–H groups in total. The van der Waals surface area contributed by atoms with Gasteiger partial charge >= 0.3 is 0 Å². The topological polar surface area (TPSA) is 106 Å². The fraction of sp³-hybridized carbons (Fsp3) is 0.263. The first-order chi connectivity index (χ1) is 13.4. The number of sulfonamides is 1. The van der Waals surface area contributed by atoms with Crippen LogP contribution in [0.2, 0.25) is 0 Å². The molecule has 0 radical (unpaired) electrons. The number of carbonyl (C=O) groups is 2. The summed E-state index contributed by atoms with van der Waals surface area (Å²) in [5, 5.41) is 2.55. The normalized spacial score (nSPS) is 15.8. The van der Waals surface area contributed by atoms with Crippen molar-refractivity contribution >= 4 is 26.7 Å². The summed E-state index contributed by atoms with van der Waals surface area (Å²) in [7, 11) is -2.64. The van der Waals surface area contributed by atoms with E-state index in [4.69, 9.17) is 9.15 Å². The van der Waals surface area contributed by atoms with Crippen molar-refractivity contribution in [3.05, 3.63) is 59.6 Å². The summed E-state index contributed by atoms with van der Waals surface area (Å²) in [4.78, 5) is 24.8. The van der Waals surface area contributed by atoms with Gasteiger partial charge in [-0.1, -0.05) is 6.92 Å². The molecule has 1 aromatic heterocycles. The SMILES string of the molecule is CCC1=C(c2ccc(OC)cc2)S(=O)(=O)N(CC(=O)NCc2ccco2)C1=O. The van der Waals surface area contributed by atoms with Crippen molar-refractivity contribution in [1.82, 2.24) is 9.62 Å². The van der Waals surface area contributed by atoms with Crippen LogP contribution in [0.4, 0.5) is 0 Å². The smallest absolute Gasteiger partial charge is 0.268 e. The Morgan fingerprint density at radius 2 is 1.93 bits per heavy atom. The van der Waals surface area contributed by atoms with Crippen LogP contribution < -0.4 is 10.1 Å². The van der Waals surface area contributed by atoms with Crippen LogP contribution >= 0.6 is 0 Å². The van der Waals surface area contributed by atoms with Gasteiger partial charge in [-0.25, -0.2) is 12.7 Å². The third-order valence-electron chi connectivity index (χ3n) is 4.34. The van der Waals surface area contributed by atoms with Crippen LogP contribution in [0.15, 0.2) is 52.7 Å². The highest BCUT2D eigenvalue weighted by Gasteiger charge is 2.44. The van der Waals surface area contributed by atoms with E-state index >= 15 is 0 Å². The van der Waals surface area contributed by atoms with E-state index in [1.165, 1.54) is 13.4 Å². The van der Waals surface area contributed by atoms with Gasteiger partial charge in [0.05, 0.1) is 19.9 Å². The average molecular weight is 404 g/mol. The van der Waals surface area contributed by atoms with Crippen molar-refractivity contribution in [1.29, 1.82) is 0 Å². The summed E-state index contributed by atoms with van der Waals surface area (Å²) in [5.41, 5.74) is 0.536. The van der Waals surface area contributed by atoms with E-state index in [2.05, 4.69) is 5.32 Å². The van der Waals surface area contributed by atoms with Crippen LogP contribution in [-0.2, 0) is 26.2 Å². The number of furan rings is 1. The summed E-state index contributed by atoms with van der Waals surface area (Å²) in [5.74, 6) is -0.185. The Hall–Kier alpha value is -3.07. The highest BCUT2D eigenvalue weighted by molar-refractivity contribution is 7.99.